The van der Waals surface area contributed by atoms with Gasteiger partial charge >= 0.3 is 5.97 Å². The van der Waals surface area contributed by atoms with Crippen molar-refractivity contribution in [1.29, 1.82) is 0 Å². The molecule has 1 aromatic rings. The predicted molar refractivity (Wildman–Crippen MR) is 79.2 cm³/mol. The first kappa shape index (κ1) is 17.0. The van der Waals surface area contributed by atoms with Crippen LogP contribution in [0.2, 0.25) is 0 Å². The molecule has 5 heteroatoms. The van der Waals surface area contributed by atoms with E-state index in [2.05, 4.69) is 0 Å². The summed E-state index contributed by atoms with van der Waals surface area (Å²) in [5.41, 5.74) is 0.567. The second kappa shape index (κ2) is 9.00. The van der Waals surface area contributed by atoms with Gasteiger partial charge in [0.2, 0.25) is 0 Å². The van der Waals surface area contributed by atoms with Crippen LogP contribution in [0.4, 0.5) is 0 Å². The minimum atomic E-state index is -0.831. The molecule has 0 bridgehead atoms. The lowest BCUT2D eigenvalue weighted by Gasteiger charge is -2.12. The molecule has 0 saturated heterocycles. The maximum absolute atomic E-state index is 12.1. The van der Waals surface area contributed by atoms with Gasteiger partial charge in [-0.2, -0.15) is 0 Å². The van der Waals surface area contributed by atoms with Crippen molar-refractivity contribution in [3.05, 3.63) is 23.8 Å². The van der Waals surface area contributed by atoms with E-state index in [9.17, 15) is 9.59 Å². The highest BCUT2D eigenvalue weighted by atomic mass is 16.5. The van der Waals surface area contributed by atoms with Gasteiger partial charge in [-0.1, -0.05) is 0 Å². The number of carbonyl (C=O) groups is 2. The monoisotopic (exact) mass is 294 g/mol. The molecule has 0 saturated carbocycles. The van der Waals surface area contributed by atoms with Gasteiger partial charge < -0.3 is 14.6 Å². The largest absolute Gasteiger partial charge is 0.490 e. The van der Waals surface area contributed by atoms with Crippen LogP contribution in [0.25, 0.3) is 0 Å². The number of carboxylic acids is 1. The van der Waals surface area contributed by atoms with Gasteiger partial charge in [-0.15, -0.1) is 0 Å². The van der Waals surface area contributed by atoms with Crippen molar-refractivity contribution in [1.82, 2.24) is 0 Å². The summed E-state index contributed by atoms with van der Waals surface area (Å²) in [6, 6.07) is 5.14. The van der Waals surface area contributed by atoms with Gasteiger partial charge in [0.1, 0.15) is 0 Å². The lowest BCUT2D eigenvalue weighted by molar-refractivity contribution is -0.137. The van der Waals surface area contributed by atoms with Gasteiger partial charge in [0.15, 0.2) is 17.3 Å². The Hall–Kier alpha value is -2.04. The van der Waals surface area contributed by atoms with Crippen molar-refractivity contribution in [2.45, 2.75) is 39.5 Å². The predicted octanol–water partition coefficient (Wildman–Crippen LogP) is 3.31. The highest BCUT2D eigenvalue weighted by Gasteiger charge is 2.11. The van der Waals surface area contributed by atoms with Crippen LogP contribution in [-0.2, 0) is 4.79 Å². The van der Waals surface area contributed by atoms with Gasteiger partial charge in [0.05, 0.1) is 13.2 Å². The summed E-state index contributed by atoms with van der Waals surface area (Å²) in [6.45, 7) is 4.78. The maximum Gasteiger partial charge on any atom is 0.303 e. The fourth-order valence-electron chi connectivity index (χ4n) is 1.93. The smallest absolute Gasteiger partial charge is 0.303 e. The first-order chi connectivity index (χ1) is 10.1. The highest BCUT2D eigenvalue weighted by Crippen LogP contribution is 2.29. The van der Waals surface area contributed by atoms with Crippen molar-refractivity contribution >= 4 is 11.8 Å². The van der Waals surface area contributed by atoms with E-state index in [1.807, 2.05) is 13.8 Å². The van der Waals surface area contributed by atoms with E-state index in [1.165, 1.54) is 0 Å². The van der Waals surface area contributed by atoms with Crippen molar-refractivity contribution < 1.29 is 24.2 Å². The molecule has 0 aliphatic rings. The van der Waals surface area contributed by atoms with E-state index in [4.69, 9.17) is 14.6 Å². The molecule has 0 fully saturated rings. The molecule has 0 unspecified atom stereocenters. The third-order valence-corrected chi connectivity index (χ3v) is 2.91. The molecule has 116 valence electrons. The molecular formula is C16H22O5. The molecule has 0 amide bonds. The Morgan fingerprint density at radius 1 is 1.00 bits per heavy atom. The molecule has 1 aromatic carbocycles. The van der Waals surface area contributed by atoms with Gasteiger partial charge in [0.25, 0.3) is 0 Å². The van der Waals surface area contributed by atoms with E-state index in [0.717, 1.165) is 0 Å². The number of carbonyl (C=O) groups excluding carboxylic acids is 1. The first-order valence-electron chi connectivity index (χ1n) is 7.23. The van der Waals surface area contributed by atoms with Crippen LogP contribution in [0.5, 0.6) is 11.5 Å². The number of benzene rings is 1. The number of ketones is 1. The van der Waals surface area contributed by atoms with Crippen LogP contribution in [0.3, 0.4) is 0 Å². The SMILES string of the molecule is CCOc1ccc(C(=O)CCCCC(=O)O)cc1OCC. The molecule has 0 aliphatic heterocycles. The van der Waals surface area contributed by atoms with Gasteiger partial charge in [-0.3, -0.25) is 9.59 Å². The van der Waals surface area contributed by atoms with E-state index >= 15 is 0 Å². The average Bonchev–Trinajstić information content (AvgIpc) is 2.45. The third-order valence-electron chi connectivity index (χ3n) is 2.91. The molecule has 0 aliphatic carbocycles. The Kier molecular flexibility index (Phi) is 7.29. The fourth-order valence-corrected chi connectivity index (χ4v) is 1.93. The van der Waals surface area contributed by atoms with Crippen LogP contribution in [0.15, 0.2) is 18.2 Å². The van der Waals surface area contributed by atoms with Crippen molar-refractivity contribution in [2.24, 2.45) is 0 Å². The second-order valence-electron chi connectivity index (χ2n) is 4.55. The molecule has 0 radical (unpaired) electrons. The molecule has 0 aromatic heterocycles. The summed E-state index contributed by atoms with van der Waals surface area (Å²) in [7, 11) is 0. The van der Waals surface area contributed by atoms with E-state index in [0.29, 0.717) is 49.5 Å². The van der Waals surface area contributed by atoms with Crippen LogP contribution >= 0.6 is 0 Å². The van der Waals surface area contributed by atoms with E-state index in [1.54, 1.807) is 18.2 Å². The second-order valence-corrected chi connectivity index (χ2v) is 4.55. The summed E-state index contributed by atoms with van der Waals surface area (Å²) in [5.74, 6) is 0.351. The minimum absolute atomic E-state index is 0.00982. The number of Topliss-reactive ketones (excluding diaryl/α,β-unsaturated/α-hetero) is 1. The summed E-state index contributed by atoms with van der Waals surface area (Å²) in [5, 5.41) is 8.56. The van der Waals surface area contributed by atoms with Crippen LogP contribution in [0, 0.1) is 0 Å². The summed E-state index contributed by atoms with van der Waals surface area (Å²) in [6.07, 6.45) is 1.52. The number of unbranched alkanes of at least 4 members (excludes halogenated alkanes) is 1. The first-order valence-corrected chi connectivity index (χ1v) is 7.23. The lowest BCUT2D eigenvalue weighted by atomic mass is 10.0. The van der Waals surface area contributed by atoms with Crippen LogP contribution in [0.1, 0.15) is 49.9 Å². The van der Waals surface area contributed by atoms with E-state index < -0.39 is 5.97 Å². The Bertz CT molecular complexity index is 482. The zero-order valence-electron chi connectivity index (χ0n) is 12.6. The Morgan fingerprint density at radius 2 is 1.62 bits per heavy atom. The standard InChI is InChI=1S/C16H22O5/c1-3-20-14-10-9-12(11-15(14)21-4-2)13(17)7-5-6-8-16(18)19/h9-11H,3-8H2,1-2H3,(H,18,19). The highest BCUT2D eigenvalue weighted by molar-refractivity contribution is 5.96. The number of rotatable bonds is 10. The molecule has 1 N–H and O–H groups in total. The summed E-state index contributed by atoms with van der Waals surface area (Å²) < 4.78 is 10.9. The average molecular weight is 294 g/mol. The third kappa shape index (κ3) is 5.85. The van der Waals surface area contributed by atoms with Crippen molar-refractivity contribution in [2.75, 3.05) is 13.2 Å². The Morgan fingerprint density at radius 3 is 2.24 bits per heavy atom. The number of ether oxygens (including phenoxy) is 2. The molecule has 5 nitrogen and oxygen atoms in total. The number of carboxylic acid groups (broad SMARTS) is 1. The summed E-state index contributed by atoms with van der Waals surface area (Å²) in [4.78, 5) is 22.5. The van der Waals surface area contributed by atoms with E-state index in [-0.39, 0.29) is 12.2 Å². The summed E-state index contributed by atoms with van der Waals surface area (Å²) >= 11 is 0. The number of aliphatic carboxylic acids is 1. The molecule has 1 rings (SSSR count). The zero-order valence-corrected chi connectivity index (χ0v) is 12.6. The Balaban J connectivity index is 2.66. The van der Waals surface area contributed by atoms with Gasteiger partial charge in [-0.25, -0.2) is 0 Å². The molecule has 21 heavy (non-hydrogen) atoms. The minimum Gasteiger partial charge on any atom is -0.490 e. The number of hydrogen-bond acceptors (Lipinski definition) is 4. The topological polar surface area (TPSA) is 72.8 Å². The number of hydrogen-bond donors (Lipinski definition) is 1. The molecular weight excluding hydrogens is 272 g/mol. The van der Waals surface area contributed by atoms with Gasteiger partial charge in [0, 0.05) is 18.4 Å². The quantitative estimate of drug-likeness (QED) is 0.529. The zero-order chi connectivity index (χ0) is 15.7. The molecule has 0 atom stereocenters. The van der Waals surface area contributed by atoms with Crippen molar-refractivity contribution in [3.63, 3.8) is 0 Å². The normalized spacial score (nSPS) is 10.2. The van der Waals surface area contributed by atoms with Crippen LogP contribution < -0.4 is 9.47 Å². The lowest BCUT2D eigenvalue weighted by Crippen LogP contribution is -2.03. The van der Waals surface area contributed by atoms with Gasteiger partial charge in [-0.05, 0) is 44.9 Å². The molecule has 0 heterocycles. The van der Waals surface area contributed by atoms with Crippen molar-refractivity contribution in [3.8, 4) is 11.5 Å². The Labute approximate surface area is 124 Å². The maximum atomic E-state index is 12.1. The van der Waals surface area contributed by atoms with Crippen LogP contribution in [-0.4, -0.2) is 30.1 Å². The fraction of sp³-hybridized carbons (Fsp3) is 0.500. The molecule has 0 spiro atoms.